The van der Waals surface area contributed by atoms with Crippen LogP contribution in [0.15, 0.2) is 24.3 Å². The highest BCUT2D eigenvalue weighted by atomic mass is 35.5. The Morgan fingerprint density at radius 1 is 1.31 bits per heavy atom. The van der Waals surface area contributed by atoms with Gasteiger partial charge in [-0.05, 0) is 17.7 Å². The Kier molecular flexibility index (Phi) is 4.37. The van der Waals surface area contributed by atoms with Crippen LogP contribution >= 0.6 is 12.4 Å². The predicted octanol–water partition coefficient (Wildman–Crippen LogP) is 0.733. The van der Waals surface area contributed by atoms with Crippen molar-refractivity contribution >= 4 is 18.3 Å². The number of amides is 1. The normalized spacial score (nSPS) is 11.5. The first-order valence-corrected chi connectivity index (χ1v) is 3.41. The Bertz CT molecular complexity index is 289. The molecular formula is C8H10ClFN2O. The minimum absolute atomic E-state index is 0. The summed E-state index contributed by atoms with van der Waals surface area (Å²) in [5, 5.41) is 0. The lowest BCUT2D eigenvalue weighted by Crippen LogP contribution is -2.28. The molecule has 13 heavy (non-hydrogen) atoms. The van der Waals surface area contributed by atoms with Crippen molar-refractivity contribution in [2.45, 2.75) is 6.04 Å². The van der Waals surface area contributed by atoms with Crippen LogP contribution in [0, 0.1) is 5.82 Å². The summed E-state index contributed by atoms with van der Waals surface area (Å²) in [4.78, 5) is 10.6. The number of benzene rings is 1. The quantitative estimate of drug-likeness (QED) is 0.746. The third-order valence-electron chi connectivity index (χ3n) is 1.54. The maximum Gasteiger partial charge on any atom is 0.238 e. The molecule has 0 aliphatic carbocycles. The van der Waals surface area contributed by atoms with E-state index >= 15 is 0 Å². The molecule has 0 aliphatic heterocycles. The number of nitrogens with two attached hydrogens (primary N) is 2. The largest absolute Gasteiger partial charge is 0.368 e. The smallest absolute Gasteiger partial charge is 0.238 e. The maximum absolute atomic E-state index is 12.4. The summed E-state index contributed by atoms with van der Waals surface area (Å²) in [6.07, 6.45) is 0. The van der Waals surface area contributed by atoms with Crippen LogP contribution in [-0.2, 0) is 4.79 Å². The minimum Gasteiger partial charge on any atom is -0.368 e. The van der Waals surface area contributed by atoms with Crippen LogP contribution in [0.4, 0.5) is 4.39 Å². The van der Waals surface area contributed by atoms with Gasteiger partial charge < -0.3 is 11.5 Å². The highest BCUT2D eigenvalue weighted by molar-refractivity contribution is 5.85. The second kappa shape index (κ2) is 4.79. The zero-order chi connectivity index (χ0) is 9.14. The lowest BCUT2D eigenvalue weighted by atomic mass is 10.1. The van der Waals surface area contributed by atoms with E-state index in [2.05, 4.69) is 0 Å². The molecular weight excluding hydrogens is 195 g/mol. The Balaban J connectivity index is 0.00000144. The van der Waals surface area contributed by atoms with Crippen LogP contribution in [-0.4, -0.2) is 5.91 Å². The fourth-order valence-electron chi connectivity index (χ4n) is 0.834. The molecule has 0 aromatic heterocycles. The van der Waals surface area contributed by atoms with Gasteiger partial charge in [0.05, 0.1) is 0 Å². The molecule has 0 aliphatic rings. The highest BCUT2D eigenvalue weighted by Crippen LogP contribution is 2.09. The average molecular weight is 205 g/mol. The van der Waals surface area contributed by atoms with Gasteiger partial charge in [0.15, 0.2) is 0 Å². The van der Waals surface area contributed by atoms with Gasteiger partial charge >= 0.3 is 0 Å². The van der Waals surface area contributed by atoms with Crippen molar-refractivity contribution in [3.63, 3.8) is 0 Å². The van der Waals surface area contributed by atoms with Gasteiger partial charge in [-0.1, -0.05) is 12.1 Å². The number of carbonyl (C=O) groups excluding carboxylic acids is 1. The number of hydrogen-bond acceptors (Lipinski definition) is 2. The van der Waals surface area contributed by atoms with Crippen molar-refractivity contribution in [3.05, 3.63) is 35.6 Å². The molecule has 0 fully saturated rings. The lowest BCUT2D eigenvalue weighted by Gasteiger charge is -2.06. The van der Waals surface area contributed by atoms with Gasteiger partial charge in [-0.25, -0.2) is 4.39 Å². The van der Waals surface area contributed by atoms with E-state index in [1.807, 2.05) is 0 Å². The van der Waals surface area contributed by atoms with E-state index in [1.54, 1.807) is 0 Å². The summed E-state index contributed by atoms with van der Waals surface area (Å²) in [7, 11) is 0. The van der Waals surface area contributed by atoms with E-state index < -0.39 is 11.9 Å². The van der Waals surface area contributed by atoms with E-state index in [0.29, 0.717) is 5.56 Å². The first-order chi connectivity index (χ1) is 5.61. The fraction of sp³-hybridized carbons (Fsp3) is 0.125. The molecule has 1 rings (SSSR count). The van der Waals surface area contributed by atoms with Crippen molar-refractivity contribution in [2.24, 2.45) is 11.5 Å². The van der Waals surface area contributed by atoms with Crippen molar-refractivity contribution in [2.75, 3.05) is 0 Å². The van der Waals surface area contributed by atoms with Crippen LogP contribution < -0.4 is 11.5 Å². The van der Waals surface area contributed by atoms with Crippen LogP contribution in [0.2, 0.25) is 0 Å². The van der Waals surface area contributed by atoms with Gasteiger partial charge in [0.2, 0.25) is 5.91 Å². The number of halogens is 2. The van der Waals surface area contributed by atoms with E-state index in [4.69, 9.17) is 11.5 Å². The van der Waals surface area contributed by atoms with E-state index in [-0.39, 0.29) is 18.2 Å². The van der Waals surface area contributed by atoms with Gasteiger partial charge in [0, 0.05) is 0 Å². The first-order valence-electron chi connectivity index (χ1n) is 3.41. The molecule has 0 saturated carbocycles. The monoisotopic (exact) mass is 204 g/mol. The SMILES string of the molecule is Cl.NC(=O)C(N)c1ccc(F)cc1. The predicted molar refractivity (Wildman–Crippen MR) is 49.8 cm³/mol. The molecule has 3 nitrogen and oxygen atoms in total. The van der Waals surface area contributed by atoms with Gasteiger partial charge in [-0.3, -0.25) is 4.79 Å². The zero-order valence-electron chi connectivity index (χ0n) is 6.74. The molecule has 5 heteroatoms. The van der Waals surface area contributed by atoms with E-state index in [1.165, 1.54) is 24.3 Å². The van der Waals surface area contributed by atoms with E-state index in [0.717, 1.165) is 0 Å². The second-order valence-corrected chi connectivity index (χ2v) is 2.43. The Morgan fingerprint density at radius 2 is 1.77 bits per heavy atom. The van der Waals surface area contributed by atoms with Crippen LogP contribution in [0.5, 0.6) is 0 Å². The van der Waals surface area contributed by atoms with Crippen molar-refractivity contribution < 1.29 is 9.18 Å². The number of hydrogen-bond donors (Lipinski definition) is 2. The maximum atomic E-state index is 12.4. The van der Waals surface area contributed by atoms with Crippen LogP contribution in [0.3, 0.4) is 0 Å². The molecule has 0 saturated heterocycles. The lowest BCUT2D eigenvalue weighted by molar-refractivity contribution is -0.119. The molecule has 0 radical (unpaired) electrons. The molecule has 1 atom stereocenters. The third-order valence-corrected chi connectivity index (χ3v) is 1.54. The zero-order valence-corrected chi connectivity index (χ0v) is 7.55. The van der Waals surface area contributed by atoms with Gasteiger partial charge in [-0.15, -0.1) is 12.4 Å². The van der Waals surface area contributed by atoms with Crippen molar-refractivity contribution in [1.29, 1.82) is 0 Å². The molecule has 72 valence electrons. The Labute approximate surface area is 81.3 Å². The molecule has 1 aromatic rings. The standard InChI is InChI=1S/C8H9FN2O.ClH/c9-6-3-1-5(2-4-6)7(10)8(11)12;/h1-4,7H,10H2,(H2,11,12);1H. The third kappa shape index (κ3) is 3.01. The summed E-state index contributed by atoms with van der Waals surface area (Å²) < 4.78 is 12.4. The van der Waals surface area contributed by atoms with Crippen molar-refractivity contribution in [3.8, 4) is 0 Å². The average Bonchev–Trinajstić information content (AvgIpc) is 2.04. The Hall–Kier alpha value is -1.13. The van der Waals surface area contributed by atoms with Crippen LogP contribution in [0.25, 0.3) is 0 Å². The molecule has 1 aromatic carbocycles. The summed E-state index contributed by atoms with van der Waals surface area (Å²) in [5.74, 6) is -0.989. The molecule has 1 unspecified atom stereocenters. The number of rotatable bonds is 2. The minimum atomic E-state index is -0.856. The Morgan fingerprint density at radius 3 is 2.15 bits per heavy atom. The second-order valence-electron chi connectivity index (χ2n) is 2.43. The van der Waals surface area contributed by atoms with Gasteiger partial charge in [0.1, 0.15) is 11.9 Å². The van der Waals surface area contributed by atoms with Gasteiger partial charge in [-0.2, -0.15) is 0 Å². The summed E-state index contributed by atoms with van der Waals surface area (Å²) in [6.45, 7) is 0. The fourth-order valence-corrected chi connectivity index (χ4v) is 0.834. The molecule has 1 amide bonds. The molecule has 4 N–H and O–H groups in total. The molecule has 0 spiro atoms. The topological polar surface area (TPSA) is 69.1 Å². The summed E-state index contributed by atoms with van der Waals surface area (Å²) in [6, 6.07) is 4.48. The van der Waals surface area contributed by atoms with Crippen molar-refractivity contribution in [1.82, 2.24) is 0 Å². The van der Waals surface area contributed by atoms with E-state index in [9.17, 15) is 9.18 Å². The van der Waals surface area contributed by atoms with Crippen LogP contribution in [0.1, 0.15) is 11.6 Å². The number of primary amides is 1. The molecule has 0 bridgehead atoms. The highest BCUT2D eigenvalue weighted by Gasteiger charge is 2.10. The number of carbonyl (C=O) groups is 1. The summed E-state index contributed by atoms with van der Waals surface area (Å²) in [5.41, 5.74) is 10.9. The first kappa shape index (κ1) is 11.9. The van der Waals surface area contributed by atoms with Gasteiger partial charge in [0.25, 0.3) is 0 Å². The summed E-state index contributed by atoms with van der Waals surface area (Å²) >= 11 is 0. The molecule has 0 heterocycles.